The van der Waals surface area contributed by atoms with Gasteiger partial charge < -0.3 is 14.4 Å². The standard InChI is InChI=1S/C65H47N3/c1-46-19-6-5-17-40-66(54-22-7-2-8-23-54)62-38-34-49(44-60(46)62)52-41-51(42-53(43-52)50-35-39-65-61(45-50)59-29-15-16-30-64(59)68(65)56-26-11-4-12-27-56)47-32-36-57(37-33-47)67(55-24-9-3-10-25-55)63-31-18-21-48-20-13-14-28-58(48)63/h2-39,41-45H,1,40H2/b17-5-,19-6-. The predicted octanol–water partition coefficient (Wildman–Crippen LogP) is 17.7. The molecule has 0 amide bonds. The number of hydrogen-bond acceptors (Lipinski definition) is 2. The van der Waals surface area contributed by atoms with Crippen LogP contribution in [0.4, 0.5) is 28.4 Å². The van der Waals surface area contributed by atoms with Crippen LogP contribution in [0, 0.1) is 0 Å². The molecule has 0 atom stereocenters. The molecule has 1 aromatic heterocycles. The second-order valence-corrected chi connectivity index (χ2v) is 17.4. The second-order valence-electron chi connectivity index (χ2n) is 17.4. The summed E-state index contributed by atoms with van der Waals surface area (Å²) < 4.78 is 2.38. The van der Waals surface area contributed by atoms with Crippen molar-refractivity contribution in [1.29, 1.82) is 0 Å². The van der Waals surface area contributed by atoms with Crippen LogP contribution in [0.5, 0.6) is 0 Å². The molecule has 0 spiro atoms. The summed E-state index contributed by atoms with van der Waals surface area (Å²) in [6, 6.07) is 85.9. The minimum atomic E-state index is 0.745. The molecule has 0 bridgehead atoms. The van der Waals surface area contributed by atoms with E-state index in [2.05, 4.69) is 282 Å². The number of nitrogens with zero attached hydrogens (tertiary/aromatic N) is 3. The fraction of sp³-hybridized carbons (Fsp3) is 0.0154. The minimum Gasteiger partial charge on any atom is -0.337 e. The fourth-order valence-electron chi connectivity index (χ4n) is 10.0. The van der Waals surface area contributed by atoms with E-state index in [4.69, 9.17) is 0 Å². The first-order chi connectivity index (χ1) is 33.6. The van der Waals surface area contributed by atoms with Gasteiger partial charge in [0.05, 0.1) is 16.7 Å². The maximum absolute atomic E-state index is 4.60. The SMILES string of the molecule is C=C1/C=C\C=C/CN(c2ccccc2)c2ccc(-c3cc(-c4ccc(N(c5ccccc5)c5cccc6ccccc56)cc4)cc(-c4ccc5c(c4)c4ccccc4n5-c4ccccc4)c3)cc21. The molecule has 11 aromatic rings. The molecule has 322 valence electrons. The van der Waals surface area contributed by atoms with Crippen LogP contribution in [-0.2, 0) is 0 Å². The van der Waals surface area contributed by atoms with Crippen LogP contribution >= 0.6 is 0 Å². The Morgan fingerprint density at radius 1 is 0.397 bits per heavy atom. The van der Waals surface area contributed by atoms with E-state index in [1.54, 1.807) is 0 Å². The molecule has 0 radical (unpaired) electrons. The van der Waals surface area contributed by atoms with Crippen LogP contribution < -0.4 is 9.80 Å². The number of benzene rings is 10. The molecule has 0 N–H and O–H groups in total. The lowest BCUT2D eigenvalue weighted by Gasteiger charge is -2.27. The zero-order chi connectivity index (χ0) is 45.4. The molecule has 68 heavy (non-hydrogen) atoms. The number of rotatable bonds is 8. The Balaban J connectivity index is 1.02. The second kappa shape index (κ2) is 17.5. The fourth-order valence-corrected chi connectivity index (χ4v) is 10.0. The average molecular weight is 870 g/mol. The number of para-hydroxylation sites is 4. The van der Waals surface area contributed by atoms with E-state index in [1.807, 2.05) is 0 Å². The van der Waals surface area contributed by atoms with Crippen molar-refractivity contribution in [3.05, 3.63) is 273 Å². The van der Waals surface area contributed by atoms with E-state index in [-0.39, 0.29) is 0 Å². The van der Waals surface area contributed by atoms with Crippen molar-refractivity contribution in [2.75, 3.05) is 16.3 Å². The van der Waals surface area contributed by atoms with Crippen LogP contribution in [0.1, 0.15) is 5.56 Å². The van der Waals surface area contributed by atoms with Crippen molar-refractivity contribution in [3.8, 4) is 39.1 Å². The van der Waals surface area contributed by atoms with Gasteiger partial charge in [-0.05, 0) is 147 Å². The quantitative estimate of drug-likeness (QED) is 0.151. The molecule has 1 aliphatic heterocycles. The van der Waals surface area contributed by atoms with Crippen LogP contribution in [0.2, 0.25) is 0 Å². The van der Waals surface area contributed by atoms with E-state index in [9.17, 15) is 0 Å². The van der Waals surface area contributed by atoms with Crippen LogP contribution in [-0.4, -0.2) is 11.1 Å². The lowest BCUT2D eigenvalue weighted by Crippen LogP contribution is -2.18. The molecule has 0 saturated heterocycles. The van der Waals surface area contributed by atoms with Crippen molar-refractivity contribution in [3.63, 3.8) is 0 Å². The van der Waals surface area contributed by atoms with Gasteiger partial charge >= 0.3 is 0 Å². The Hall–Kier alpha value is -8.92. The molecule has 10 aromatic carbocycles. The van der Waals surface area contributed by atoms with Crippen molar-refractivity contribution < 1.29 is 0 Å². The molecule has 0 saturated carbocycles. The van der Waals surface area contributed by atoms with Gasteiger partial charge in [0.2, 0.25) is 0 Å². The van der Waals surface area contributed by atoms with Crippen molar-refractivity contribution in [2.45, 2.75) is 0 Å². The molecular formula is C65H47N3. The molecule has 1 aliphatic rings. The number of aromatic nitrogens is 1. The number of hydrogen-bond donors (Lipinski definition) is 0. The Labute approximate surface area is 397 Å². The number of allylic oxidation sites excluding steroid dienone is 4. The lowest BCUT2D eigenvalue weighted by atomic mass is 9.91. The van der Waals surface area contributed by atoms with Gasteiger partial charge in [0.15, 0.2) is 0 Å². The van der Waals surface area contributed by atoms with Crippen LogP contribution in [0.3, 0.4) is 0 Å². The largest absolute Gasteiger partial charge is 0.337 e. The highest BCUT2D eigenvalue weighted by Gasteiger charge is 2.20. The maximum atomic E-state index is 4.60. The first-order valence-corrected chi connectivity index (χ1v) is 23.3. The average Bonchev–Trinajstić information content (AvgIpc) is 3.77. The van der Waals surface area contributed by atoms with Gasteiger partial charge in [-0.25, -0.2) is 0 Å². The van der Waals surface area contributed by atoms with E-state index >= 15 is 0 Å². The van der Waals surface area contributed by atoms with Crippen molar-refractivity contribution in [2.24, 2.45) is 0 Å². The lowest BCUT2D eigenvalue weighted by molar-refractivity contribution is 1.09. The first-order valence-electron chi connectivity index (χ1n) is 23.3. The summed E-state index contributed by atoms with van der Waals surface area (Å²) in [5.41, 5.74) is 18.1. The third kappa shape index (κ3) is 7.46. The maximum Gasteiger partial charge on any atom is 0.0541 e. The zero-order valence-corrected chi connectivity index (χ0v) is 37.6. The first kappa shape index (κ1) is 40.6. The molecule has 2 heterocycles. The number of anilines is 5. The smallest absolute Gasteiger partial charge is 0.0541 e. The molecular weight excluding hydrogens is 823 g/mol. The van der Waals surface area contributed by atoms with E-state index < -0.39 is 0 Å². The molecule has 0 aliphatic carbocycles. The highest BCUT2D eigenvalue weighted by atomic mass is 15.1. The Morgan fingerprint density at radius 3 is 1.74 bits per heavy atom. The van der Waals surface area contributed by atoms with Gasteiger partial charge in [-0.2, -0.15) is 0 Å². The normalized spacial score (nSPS) is 13.5. The summed E-state index contributed by atoms with van der Waals surface area (Å²) in [5.74, 6) is 0. The Kier molecular flexibility index (Phi) is 10.4. The van der Waals surface area contributed by atoms with Crippen LogP contribution in [0.25, 0.3) is 77.2 Å². The summed E-state index contributed by atoms with van der Waals surface area (Å²) in [4.78, 5) is 4.74. The van der Waals surface area contributed by atoms with E-state index in [1.165, 1.54) is 32.6 Å². The van der Waals surface area contributed by atoms with Gasteiger partial charge in [0.1, 0.15) is 0 Å². The van der Waals surface area contributed by atoms with Gasteiger partial charge in [0.25, 0.3) is 0 Å². The zero-order valence-electron chi connectivity index (χ0n) is 37.6. The highest BCUT2D eigenvalue weighted by Crippen LogP contribution is 2.43. The molecule has 3 heteroatoms. The monoisotopic (exact) mass is 869 g/mol. The third-order valence-electron chi connectivity index (χ3n) is 13.3. The minimum absolute atomic E-state index is 0.745. The summed E-state index contributed by atoms with van der Waals surface area (Å²) in [5, 5.41) is 4.87. The molecule has 0 fully saturated rings. The van der Waals surface area contributed by atoms with Crippen molar-refractivity contribution in [1.82, 2.24) is 4.57 Å². The van der Waals surface area contributed by atoms with E-state index in [0.29, 0.717) is 0 Å². The topological polar surface area (TPSA) is 11.4 Å². The van der Waals surface area contributed by atoms with Crippen LogP contribution in [0.15, 0.2) is 267 Å². The summed E-state index contributed by atoms with van der Waals surface area (Å²) in [6.45, 7) is 5.34. The number of fused-ring (bicyclic) bond motifs is 5. The Morgan fingerprint density at radius 2 is 0.971 bits per heavy atom. The molecule has 0 unspecified atom stereocenters. The van der Waals surface area contributed by atoms with Crippen molar-refractivity contribution >= 4 is 66.6 Å². The summed E-state index contributed by atoms with van der Waals surface area (Å²) in [7, 11) is 0. The summed E-state index contributed by atoms with van der Waals surface area (Å²) in [6.07, 6.45) is 8.54. The van der Waals surface area contributed by atoms with Gasteiger partial charge in [-0.15, -0.1) is 0 Å². The highest BCUT2D eigenvalue weighted by molar-refractivity contribution is 6.10. The van der Waals surface area contributed by atoms with Gasteiger partial charge in [-0.3, -0.25) is 0 Å². The van der Waals surface area contributed by atoms with E-state index in [0.717, 1.165) is 85.2 Å². The molecule has 12 rings (SSSR count). The third-order valence-corrected chi connectivity index (χ3v) is 13.3. The predicted molar refractivity (Wildman–Crippen MR) is 290 cm³/mol. The summed E-state index contributed by atoms with van der Waals surface area (Å²) >= 11 is 0. The molecule has 3 nitrogen and oxygen atoms in total. The Bertz CT molecular complexity index is 3710. The van der Waals surface area contributed by atoms with Gasteiger partial charge in [-0.1, -0.05) is 164 Å². The van der Waals surface area contributed by atoms with Gasteiger partial charge in [0, 0.05) is 56.7 Å².